The first-order valence-corrected chi connectivity index (χ1v) is 11.2. The lowest BCUT2D eigenvalue weighted by Gasteiger charge is -2.48. The van der Waals surface area contributed by atoms with E-state index in [0.29, 0.717) is 11.2 Å². The highest BCUT2D eigenvalue weighted by Crippen LogP contribution is 2.40. The van der Waals surface area contributed by atoms with Gasteiger partial charge in [-0.15, -0.1) is 0 Å². The van der Waals surface area contributed by atoms with Crippen LogP contribution in [0, 0.1) is 10.1 Å². The second-order valence-corrected chi connectivity index (χ2v) is 9.46. The number of pyridine rings is 1. The number of benzene rings is 1. The number of nitrogens with zero attached hydrogens (tertiary/aromatic N) is 5. The van der Waals surface area contributed by atoms with Crippen molar-refractivity contribution < 1.29 is 19.3 Å². The number of likely N-dealkylation sites (N-methyl/N-ethyl adjacent to an activating group) is 1. The van der Waals surface area contributed by atoms with Crippen molar-refractivity contribution >= 4 is 28.2 Å². The number of nitro groups is 1. The Balaban J connectivity index is 1.56. The Bertz CT molecular complexity index is 1150. The lowest BCUT2D eigenvalue weighted by atomic mass is 10.1. The van der Waals surface area contributed by atoms with E-state index in [2.05, 4.69) is 16.8 Å². The second kappa shape index (κ2) is 7.56. The molecule has 2 aliphatic heterocycles. The number of anilines is 1. The molecule has 0 bridgehead atoms. The Labute approximate surface area is 185 Å². The molecule has 3 aliphatic rings. The molecule has 0 amide bonds. The fourth-order valence-corrected chi connectivity index (χ4v) is 5.15. The number of quaternary nitrogens is 1. The molecule has 10 nitrogen and oxygen atoms in total. The van der Waals surface area contributed by atoms with Crippen LogP contribution in [0.3, 0.4) is 0 Å². The summed E-state index contributed by atoms with van der Waals surface area (Å²) in [5.41, 5.74) is -0.0413. The van der Waals surface area contributed by atoms with Gasteiger partial charge in [-0.2, -0.15) is 0 Å². The van der Waals surface area contributed by atoms with Crippen LogP contribution in [-0.2, 0) is 0 Å². The monoisotopic (exact) mass is 442 g/mol. The predicted octanol–water partition coefficient (Wildman–Crippen LogP) is 1.52. The smallest absolute Gasteiger partial charge is 0.341 e. The highest BCUT2D eigenvalue weighted by atomic mass is 16.6. The summed E-state index contributed by atoms with van der Waals surface area (Å²) < 4.78 is 2.88. The van der Waals surface area contributed by atoms with Gasteiger partial charge in [-0.05, 0) is 26.0 Å². The van der Waals surface area contributed by atoms with E-state index in [4.69, 9.17) is 0 Å². The van der Waals surface area contributed by atoms with Crippen molar-refractivity contribution in [3.8, 4) is 0 Å². The summed E-state index contributed by atoms with van der Waals surface area (Å²) >= 11 is 0. The SMILES string of the molecule is CN1CC[N+]2(CC1)CCN(c1cc3c(cc1[N+](=O)[O-])c(=O)c(C(=O)O)cn3C1CC1)CC2. The van der Waals surface area contributed by atoms with Crippen molar-refractivity contribution in [3.63, 3.8) is 0 Å². The molecule has 2 saturated heterocycles. The molecule has 1 aliphatic carbocycles. The molecule has 1 saturated carbocycles. The minimum atomic E-state index is -1.31. The minimum absolute atomic E-state index is 0.104. The molecule has 0 unspecified atom stereocenters. The summed E-state index contributed by atoms with van der Waals surface area (Å²) in [4.78, 5) is 40.3. The van der Waals surface area contributed by atoms with Crippen LogP contribution in [-0.4, -0.2) is 89.4 Å². The zero-order chi connectivity index (χ0) is 22.6. The fraction of sp³-hybridized carbons (Fsp3) is 0.545. The molecule has 1 aromatic carbocycles. The molecule has 32 heavy (non-hydrogen) atoms. The molecule has 1 spiro atoms. The van der Waals surface area contributed by atoms with E-state index in [1.54, 1.807) is 6.07 Å². The van der Waals surface area contributed by atoms with Crippen LogP contribution in [0.5, 0.6) is 0 Å². The molecule has 2 aromatic rings. The Morgan fingerprint density at radius 1 is 1.12 bits per heavy atom. The van der Waals surface area contributed by atoms with Crippen LogP contribution in [0.1, 0.15) is 29.2 Å². The number of hydrogen-bond donors (Lipinski definition) is 1. The van der Waals surface area contributed by atoms with Gasteiger partial charge in [0.2, 0.25) is 5.43 Å². The first-order chi connectivity index (χ1) is 15.3. The van der Waals surface area contributed by atoms with E-state index in [0.717, 1.165) is 69.7 Å². The van der Waals surface area contributed by atoms with Crippen LogP contribution in [0.4, 0.5) is 11.4 Å². The number of carboxylic acid groups (broad SMARTS) is 1. The largest absolute Gasteiger partial charge is 0.477 e. The Hall–Kier alpha value is -2.98. The van der Waals surface area contributed by atoms with E-state index in [1.165, 1.54) is 12.3 Å². The third-order valence-corrected chi connectivity index (χ3v) is 7.44. The van der Waals surface area contributed by atoms with E-state index >= 15 is 0 Å². The summed E-state index contributed by atoms with van der Waals surface area (Å²) in [5, 5.41) is 21.5. The van der Waals surface area contributed by atoms with Crippen molar-refractivity contribution in [1.82, 2.24) is 9.47 Å². The lowest BCUT2D eigenvalue weighted by molar-refractivity contribution is -0.932. The number of rotatable bonds is 4. The maximum atomic E-state index is 12.8. The molecule has 10 heteroatoms. The van der Waals surface area contributed by atoms with Gasteiger partial charge in [-0.1, -0.05) is 0 Å². The molecule has 1 N–H and O–H groups in total. The summed E-state index contributed by atoms with van der Waals surface area (Å²) in [7, 11) is 2.14. The zero-order valence-electron chi connectivity index (χ0n) is 18.2. The third-order valence-electron chi connectivity index (χ3n) is 7.44. The standard InChI is InChI=1S/C22H27N5O5/c1-23-4-8-27(9-5-23)10-6-24(7-11-27)19-13-18-16(12-20(19)26(31)32)21(28)17(22(29)30)14-25(18)15-2-3-15/h12-15H,2-11H2,1H3/p+1. The molecule has 0 radical (unpaired) electrons. The third kappa shape index (κ3) is 3.53. The van der Waals surface area contributed by atoms with Gasteiger partial charge in [0.05, 0.1) is 55.1 Å². The van der Waals surface area contributed by atoms with Gasteiger partial charge in [-0.25, -0.2) is 4.79 Å². The number of aromatic carboxylic acids is 1. The van der Waals surface area contributed by atoms with Gasteiger partial charge < -0.3 is 19.1 Å². The van der Waals surface area contributed by atoms with Crippen LogP contribution in [0.25, 0.3) is 10.9 Å². The average Bonchev–Trinajstić information content (AvgIpc) is 3.61. The second-order valence-electron chi connectivity index (χ2n) is 9.46. The Kier molecular flexibility index (Phi) is 4.94. The quantitative estimate of drug-likeness (QED) is 0.434. The summed E-state index contributed by atoms with van der Waals surface area (Å²) in [5.74, 6) is -1.31. The normalized spacial score (nSPS) is 21.2. The molecular weight excluding hydrogens is 414 g/mol. The van der Waals surface area contributed by atoms with E-state index in [-0.39, 0.29) is 22.7 Å². The van der Waals surface area contributed by atoms with Crippen molar-refractivity contribution in [1.29, 1.82) is 0 Å². The number of aromatic nitrogens is 1. The van der Waals surface area contributed by atoms with E-state index in [9.17, 15) is 24.8 Å². The average molecular weight is 442 g/mol. The van der Waals surface area contributed by atoms with E-state index in [1.807, 2.05) is 4.57 Å². The highest BCUT2D eigenvalue weighted by Gasteiger charge is 2.37. The molecule has 0 atom stereocenters. The molecule has 5 rings (SSSR count). The van der Waals surface area contributed by atoms with Gasteiger partial charge in [-0.3, -0.25) is 19.8 Å². The van der Waals surface area contributed by atoms with Crippen molar-refractivity contribution in [2.45, 2.75) is 18.9 Å². The summed E-state index contributed by atoms with van der Waals surface area (Å²) in [6, 6.07) is 3.15. The lowest BCUT2D eigenvalue weighted by Crippen LogP contribution is -2.65. The zero-order valence-corrected chi connectivity index (χ0v) is 18.2. The summed E-state index contributed by atoms with van der Waals surface area (Å²) in [6.45, 7) is 7.65. The highest BCUT2D eigenvalue weighted by molar-refractivity contribution is 5.95. The molecule has 170 valence electrons. The van der Waals surface area contributed by atoms with Gasteiger partial charge >= 0.3 is 5.97 Å². The van der Waals surface area contributed by atoms with Gasteiger partial charge in [0.1, 0.15) is 11.3 Å². The maximum Gasteiger partial charge on any atom is 0.341 e. The van der Waals surface area contributed by atoms with Gasteiger partial charge in [0.25, 0.3) is 5.69 Å². The van der Waals surface area contributed by atoms with Crippen LogP contribution in [0.15, 0.2) is 23.1 Å². The number of carbonyl (C=O) groups is 1. The molecule has 1 aromatic heterocycles. The van der Waals surface area contributed by atoms with Crippen molar-refractivity contribution in [2.75, 3.05) is 64.3 Å². The first kappa shape index (κ1) is 20.9. The summed E-state index contributed by atoms with van der Waals surface area (Å²) in [6.07, 6.45) is 3.21. The number of nitro benzene ring substituents is 1. The fourth-order valence-electron chi connectivity index (χ4n) is 5.15. The van der Waals surface area contributed by atoms with Crippen LogP contribution >= 0.6 is 0 Å². The molecular formula is C22H28N5O5+. The predicted molar refractivity (Wildman–Crippen MR) is 120 cm³/mol. The number of hydrogen-bond acceptors (Lipinski definition) is 6. The topological polar surface area (TPSA) is 109 Å². The minimum Gasteiger partial charge on any atom is -0.477 e. The van der Waals surface area contributed by atoms with Crippen molar-refractivity contribution in [3.05, 3.63) is 44.2 Å². The first-order valence-electron chi connectivity index (χ1n) is 11.2. The van der Waals surface area contributed by atoms with Crippen molar-refractivity contribution in [2.24, 2.45) is 0 Å². The Morgan fingerprint density at radius 2 is 1.75 bits per heavy atom. The van der Waals surface area contributed by atoms with Crippen LogP contribution in [0.2, 0.25) is 0 Å². The number of fused-ring (bicyclic) bond motifs is 1. The molecule has 3 fully saturated rings. The molecule has 3 heterocycles. The number of carboxylic acids is 1. The maximum absolute atomic E-state index is 12.8. The van der Waals surface area contributed by atoms with Crippen LogP contribution < -0.4 is 10.3 Å². The number of piperazine rings is 2. The van der Waals surface area contributed by atoms with Gasteiger partial charge in [0.15, 0.2) is 0 Å². The Morgan fingerprint density at radius 3 is 2.31 bits per heavy atom. The van der Waals surface area contributed by atoms with E-state index < -0.39 is 16.3 Å². The van der Waals surface area contributed by atoms with Gasteiger partial charge in [0, 0.05) is 31.4 Å².